The van der Waals surface area contributed by atoms with Crippen LogP contribution in [-0.4, -0.2) is 12.6 Å². The van der Waals surface area contributed by atoms with Gasteiger partial charge in [0.05, 0.1) is 6.61 Å². The highest BCUT2D eigenvalue weighted by molar-refractivity contribution is 5.65. The number of unbranched alkanes of at least 4 members (excludes halogenated alkanes) is 29. The van der Waals surface area contributed by atoms with Gasteiger partial charge in [-0.05, 0) is 6.42 Å². The molecule has 0 rings (SSSR count). The van der Waals surface area contributed by atoms with Crippen LogP contribution in [0.3, 0.4) is 0 Å². The van der Waals surface area contributed by atoms with Gasteiger partial charge in [0.15, 0.2) is 0 Å². The highest BCUT2D eigenvalue weighted by Crippen LogP contribution is 2.16. The van der Waals surface area contributed by atoms with Gasteiger partial charge in [0.2, 0.25) is 0 Å². The second kappa shape index (κ2) is 32.5. The Morgan fingerprint density at radius 3 is 0.750 bits per heavy atom. The number of carbonyl (C=O) groups excluding carboxylic acids is 1. The van der Waals surface area contributed by atoms with E-state index in [2.05, 4.69) is 6.92 Å². The van der Waals surface area contributed by atoms with Crippen LogP contribution in [0.5, 0.6) is 0 Å². The Morgan fingerprint density at radius 1 is 0.361 bits per heavy atom. The monoisotopic (exact) mass is 509 g/mol. The maximum Gasteiger partial charge on any atom is 0.302 e. The predicted octanol–water partition coefficient (Wildman–Crippen LogP) is 12.3. The Labute approximate surface area is 228 Å². The van der Waals surface area contributed by atoms with Crippen molar-refractivity contribution in [2.24, 2.45) is 0 Å². The molecule has 0 aromatic rings. The molecule has 0 N–H and O–H groups in total. The van der Waals surface area contributed by atoms with Gasteiger partial charge in [-0.1, -0.05) is 193 Å². The van der Waals surface area contributed by atoms with Gasteiger partial charge >= 0.3 is 5.97 Å². The third-order valence-electron chi connectivity index (χ3n) is 7.80. The van der Waals surface area contributed by atoms with Gasteiger partial charge in [-0.15, -0.1) is 0 Å². The third kappa shape index (κ3) is 33.5. The molecule has 0 aliphatic rings. The highest BCUT2D eigenvalue weighted by atomic mass is 16.5. The van der Waals surface area contributed by atoms with Crippen molar-refractivity contribution in [2.45, 2.75) is 206 Å². The van der Waals surface area contributed by atoms with Crippen molar-refractivity contribution in [2.75, 3.05) is 6.61 Å². The molecule has 0 bridgehead atoms. The molecule has 0 radical (unpaired) electrons. The molecular formula is C34H68O2. The summed E-state index contributed by atoms with van der Waals surface area (Å²) in [5, 5.41) is 0. The van der Waals surface area contributed by atoms with Crippen LogP contribution < -0.4 is 0 Å². The second-order valence-corrected chi connectivity index (χ2v) is 11.6. The molecule has 2 nitrogen and oxygen atoms in total. The van der Waals surface area contributed by atoms with Gasteiger partial charge in [-0.3, -0.25) is 4.79 Å². The zero-order chi connectivity index (χ0) is 26.2. The molecule has 0 saturated carbocycles. The largest absolute Gasteiger partial charge is 0.466 e. The Morgan fingerprint density at radius 2 is 0.556 bits per heavy atom. The lowest BCUT2D eigenvalue weighted by Crippen LogP contribution is -2.00. The van der Waals surface area contributed by atoms with Crippen LogP contribution >= 0.6 is 0 Å². The molecule has 0 amide bonds. The summed E-state index contributed by atoms with van der Waals surface area (Å²) in [6.07, 6.45) is 42.8. The topological polar surface area (TPSA) is 26.3 Å². The summed E-state index contributed by atoms with van der Waals surface area (Å²) in [6.45, 7) is 4.40. The molecule has 0 atom stereocenters. The molecule has 0 spiro atoms. The first-order valence-electron chi connectivity index (χ1n) is 16.9. The number of hydrogen-bond acceptors (Lipinski definition) is 2. The number of carbonyl (C=O) groups is 1. The SMILES string of the molecule is CCCCCCCCCCCCCCCCCCCCCCCCCCCCCCCCOC(C)=O. The normalized spacial score (nSPS) is 11.3. The Balaban J connectivity index is 3.02. The van der Waals surface area contributed by atoms with Crippen molar-refractivity contribution in [1.29, 1.82) is 0 Å². The lowest BCUT2D eigenvalue weighted by atomic mass is 10.0. The van der Waals surface area contributed by atoms with Crippen LogP contribution in [0.15, 0.2) is 0 Å². The minimum atomic E-state index is -0.148. The predicted molar refractivity (Wildman–Crippen MR) is 161 cm³/mol. The van der Waals surface area contributed by atoms with E-state index in [1.54, 1.807) is 0 Å². The molecule has 0 fully saturated rings. The van der Waals surface area contributed by atoms with E-state index < -0.39 is 0 Å². The van der Waals surface area contributed by atoms with Crippen molar-refractivity contribution >= 4 is 5.97 Å². The molecule has 0 aromatic carbocycles. The van der Waals surface area contributed by atoms with E-state index >= 15 is 0 Å². The van der Waals surface area contributed by atoms with Crippen LogP contribution in [0.1, 0.15) is 206 Å². The summed E-state index contributed by atoms with van der Waals surface area (Å²) < 4.78 is 4.97. The fourth-order valence-corrected chi connectivity index (χ4v) is 5.34. The van der Waals surface area contributed by atoms with E-state index in [4.69, 9.17) is 4.74 Å². The minimum Gasteiger partial charge on any atom is -0.466 e. The zero-order valence-electron chi connectivity index (χ0n) is 25.2. The molecular weight excluding hydrogens is 440 g/mol. The van der Waals surface area contributed by atoms with Crippen molar-refractivity contribution in [3.63, 3.8) is 0 Å². The molecule has 216 valence electrons. The van der Waals surface area contributed by atoms with Crippen LogP contribution in [0.25, 0.3) is 0 Å². The maximum absolute atomic E-state index is 10.7. The fourth-order valence-electron chi connectivity index (χ4n) is 5.34. The second-order valence-electron chi connectivity index (χ2n) is 11.6. The lowest BCUT2D eigenvalue weighted by molar-refractivity contribution is -0.141. The highest BCUT2D eigenvalue weighted by Gasteiger charge is 1.97. The summed E-state index contributed by atoms with van der Waals surface area (Å²) in [7, 11) is 0. The molecule has 0 aliphatic heterocycles. The van der Waals surface area contributed by atoms with Crippen molar-refractivity contribution < 1.29 is 9.53 Å². The number of ether oxygens (including phenoxy) is 1. The molecule has 0 saturated heterocycles. The van der Waals surface area contributed by atoms with Gasteiger partial charge in [0.1, 0.15) is 0 Å². The lowest BCUT2D eigenvalue weighted by Gasteiger charge is -2.05. The maximum atomic E-state index is 10.7. The van der Waals surface area contributed by atoms with Gasteiger partial charge < -0.3 is 4.74 Å². The van der Waals surface area contributed by atoms with E-state index in [0.29, 0.717) is 6.61 Å². The van der Waals surface area contributed by atoms with E-state index in [9.17, 15) is 4.79 Å². The summed E-state index contributed by atoms with van der Waals surface area (Å²) in [5.41, 5.74) is 0. The van der Waals surface area contributed by atoms with Crippen molar-refractivity contribution in [3.05, 3.63) is 0 Å². The third-order valence-corrected chi connectivity index (χ3v) is 7.80. The zero-order valence-corrected chi connectivity index (χ0v) is 25.2. The summed E-state index contributed by atoms with van der Waals surface area (Å²) in [5.74, 6) is -0.148. The molecule has 0 unspecified atom stereocenters. The Bertz CT molecular complexity index is 406. The van der Waals surface area contributed by atoms with Crippen LogP contribution in [0, 0.1) is 0 Å². The fraction of sp³-hybridized carbons (Fsp3) is 0.971. The van der Waals surface area contributed by atoms with Crippen molar-refractivity contribution in [3.8, 4) is 0 Å². The molecule has 0 heterocycles. The molecule has 0 aliphatic carbocycles. The first-order valence-corrected chi connectivity index (χ1v) is 16.9. The van der Waals surface area contributed by atoms with E-state index in [0.717, 1.165) is 6.42 Å². The van der Waals surface area contributed by atoms with E-state index in [1.165, 1.54) is 193 Å². The van der Waals surface area contributed by atoms with Crippen molar-refractivity contribution in [1.82, 2.24) is 0 Å². The van der Waals surface area contributed by atoms with Crippen LogP contribution in [0.2, 0.25) is 0 Å². The van der Waals surface area contributed by atoms with Crippen LogP contribution in [0.4, 0.5) is 0 Å². The Kier molecular flexibility index (Phi) is 32.0. The average molecular weight is 509 g/mol. The van der Waals surface area contributed by atoms with Gasteiger partial charge in [-0.2, -0.15) is 0 Å². The summed E-state index contributed by atoms with van der Waals surface area (Å²) in [4.78, 5) is 10.7. The number of hydrogen-bond donors (Lipinski definition) is 0. The van der Waals surface area contributed by atoms with Gasteiger partial charge in [0, 0.05) is 6.92 Å². The molecule has 0 aromatic heterocycles. The van der Waals surface area contributed by atoms with Gasteiger partial charge in [-0.25, -0.2) is 0 Å². The quantitative estimate of drug-likeness (QED) is 0.0687. The smallest absolute Gasteiger partial charge is 0.302 e. The summed E-state index contributed by atoms with van der Waals surface area (Å²) in [6, 6.07) is 0. The molecule has 36 heavy (non-hydrogen) atoms. The van der Waals surface area contributed by atoms with E-state index in [-0.39, 0.29) is 5.97 Å². The average Bonchev–Trinajstić information content (AvgIpc) is 2.87. The number of esters is 1. The molecule has 2 heteroatoms. The Hall–Kier alpha value is -0.530. The minimum absolute atomic E-state index is 0.148. The van der Waals surface area contributed by atoms with E-state index in [1.807, 2.05) is 0 Å². The standard InChI is InChI=1S/C34H68O2/c1-3-4-5-6-7-8-9-10-11-12-13-14-15-16-17-18-19-20-21-22-23-24-25-26-27-28-29-30-31-32-33-36-34(2)35/h3-33H2,1-2H3. The summed E-state index contributed by atoms with van der Waals surface area (Å²) >= 11 is 0. The number of rotatable bonds is 31. The van der Waals surface area contributed by atoms with Gasteiger partial charge in [0.25, 0.3) is 0 Å². The van der Waals surface area contributed by atoms with Crippen LogP contribution in [-0.2, 0) is 9.53 Å². The first kappa shape index (κ1) is 35.5. The first-order chi connectivity index (χ1) is 17.8.